The van der Waals surface area contributed by atoms with E-state index in [2.05, 4.69) is 14.8 Å². The van der Waals surface area contributed by atoms with Crippen LogP contribution in [0.1, 0.15) is 62.6 Å². The highest BCUT2D eigenvalue weighted by Gasteiger charge is 2.47. The Bertz CT molecular complexity index is 1150. The van der Waals surface area contributed by atoms with Gasteiger partial charge in [-0.15, -0.1) is 0 Å². The van der Waals surface area contributed by atoms with Crippen molar-refractivity contribution in [3.8, 4) is 0 Å². The number of hydrogen-bond donors (Lipinski definition) is 0. The number of aromatic nitrogens is 1. The second kappa shape index (κ2) is 14.8. The number of likely N-dealkylation sites (tertiary alicyclic amines) is 2. The Morgan fingerprint density at radius 2 is 1.73 bits per heavy atom. The summed E-state index contributed by atoms with van der Waals surface area (Å²) in [6.45, 7) is 7.94. The molecule has 0 spiro atoms. The Morgan fingerprint density at radius 1 is 1.00 bits per heavy atom. The zero-order valence-electron chi connectivity index (χ0n) is 24.8. The van der Waals surface area contributed by atoms with Crippen molar-refractivity contribution >= 4 is 35.0 Å². The number of likely N-dealkylation sites (N-methyl/N-ethyl adjacent to an activating group) is 2. The second-order valence-electron chi connectivity index (χ2n) is 11.7. The molecule has 2 fully saturated rings. The van der Waals surface area contributed by atoms with Gasteiger partial charge in [-0.05, 0) is 88.5 Å². The number of pyridine rings is 1. The number of rotatable bonds is 11. The molecule has 4 rings (SSSR count). The van der Waals surface area contributed by atoms with Gasteiger partial charge in [0.1, 0.15) is 5.54 Å². The molecular formula is C32H45Cl2N5O2. The van der Waals surface area contributed by atoms with E-state index in [9.17, 15) is 9.59 Å². The monoisotopic (exact) mass is 601 g/mol. The minimum Gasteiger partial charge on any atom is -0.347 e. The van der Waals surface area contributed by atoms with E-state index in [-0.39, 0.29) is 29.7 Å². The third kappa shape index (κ3) is 8.01. The first-order valence-corrected chi connectivity index (χ1v) is 15.8. The molecule has 9 heteroatoms. The summed E-state index contributed by atoms with van der Waals surface area (Å²) in [5, 5.41) is 1.06. The summed E-state index contributed by atoms with van der Waals surface area (Å²) < 4.78 is 0. The first-order chi connectivity index (χ1) is 19.7. The van der Waals surface area contributed by atoms with Gasteiger partial charge in [-0.25, -0.2) is 0 Å². The topological polar surface area (TPSA) is 60.0 Å². The third-order valence-corrected chi connectivity index (χ3v) is 9.63. The number of amides is 2. The Kier molecular flexibility index (Phi) is 11.5. The minimum atomic E-state index is -0.388. The van der Waals surface area contributed by atoms with Crippen molar-refractivity contribution < 1.29 is 9.59 Å². The summed E-state index contributed by atoms with van der Waals surface area (Å²) in [5.41, 5.74) is 1.48. The van der Waals surface area contributed by atoms with Crippen LogP contribution in [0.2, 0.25) is 10.0 Å². The van der Waals surface area contributed by atoms with Crippen molar-refractivity contribution in [2.45, 2.75) is 63.3 Å². The van der Waals surface area contributed by atoms with E-state index in [1.807, 2.05) is 62.3 Å². The molecule has 1 aromatic heterocycles. The van der Waals surface area contributed by atoms with Crippen LogP contribution < -0.4 is 0 Å². The maximum absolute atomic E-state index is 13.5. The highest BCUT2D eigenvalue weighted by Crippen LogP contribution is 2.34. The predicted octanol–water partition coefficient (Wildman–Crippen LogP) is 5.36. The molecule has 1 atom stereocenters. The predicted molar refractivity (Wildman–Crippen MR) is 167 cm³/mol. The number of halogens is 2. The molecule has 2 saturated heterocycles. The summed E-state index contributed by atoms with van der Waals surface area (Å²) in [5.74, 6) is 0.426. The lowest BCUT2D eigenvalue weighted by Gasteiger charge is -2.50. The molecule has 2 amide bonds. The van der Waals surface area contributed by atoms with Gasteiger partial charge in [0.05, 0.1) is 16.5 Å². The zero-order valence-corrected chi connectivity index (χ0v) is 26.3. The number of hydrogen-bond acceptors (Lipinski definition) is 5. The van der Waals surface area contributed by atoms with E-state index in [0.717, 1.165) is 63.2 Å². The van der Waals surface area contributed by atoms with E-state index in [0.29, 0.717) is 23.1 Å². The fourth-order valence-electron chi connectivity index (χ4n) is 6.46. The summed E-state index contributed by atoms with van der Waals surface area (Å²) in [4.78, 5) is 39.8. The number of carbonyl (C=O) groups excluding carboxylic acids is 2. The van der Waals surface area contributed by atoms with Crippen LogP contribution >= 0.6 is 23.2 Å². The van der Waals surface area contributed by atoms with Crippen molar-refractivity contribution in [2.24, 2.45) is 0 Å². The molecule has 0 radical (unpaired) electrons. The molecule has 1 aromatic carbocycles. The molecule has 0 N–H and O–H groups in total. The van der Waals surface area contributed by atoms with Crippen molar-refractivity contribution in [2.75, 3.05) is 59.9 Å². The zero-order chi connectivity index (χ0) is 29.4. The van der Waals surface area contributed by atoms with E-state index < -0.39 is 0 Å². The fraction of sp³-hybridized carbons (Fsp3) is 0.594. The lowest BCUT2D eigenvalue weighted by atomic mass is 9.82. The quantitative estimate of drug-likeness (QED) is 0.347. The highest BCUT2D eigenvalue weighted by molar-refractivity contribution is 6.42. The van der Waals surface area contributed by atoms with Crippen molar-refractivity contribution in [3.63, 3.8) is 0 Å². The molecule has 224 valence electrons. The Morgan fingerprint density at radius 3 is 2.34 bits per heavy atom. The van der Waals surface area contributed by atoms with Crippen molar-refractivity contribution in [1.82, 2.24) is 24.6 Å². The molecule has 3 heterocycles. The fourth-order valence-corrected chi connectivity index (χ4v) is 6.77. The van der Waals surface area contributed by atoms with Crippen LogP contribution in [0.4, 0.5) is 0 Å². The van der Waals surface area contributed by atoms with E-state index in [1.165, 1.54) is 19.3 Å². The van der Waals surface area contributed by atoms with Crippen LogP contribution in [0.15, 0.2) is 42.6 Å². The average Bonchev–Trinajstić information content (AvgIpc) is 2.99. The lowest BCUT2D eigenvalue weighted by Crippen LogP contribution is -2.64. The number of carbonyl (C=O) groups is 2. The molecule has 0 aliphatic carbocycles. The van der Waals surface area contributed by atoms with E-state index in [4.69, 9.17) is 23.2 Å². The van der Waals surface area contributed by atoms with Crippen molar-refractivity contribution in [1.29, 1.82) is 0 Å². The number of nitrogens with zero attached hydrogens (tertiary/aromatic N) is 5. The first-order valence-electron chi connectivity index (χ1n) is 15.1. The number of piperidine rings is 2. The molecule has 0 saturated carbocycles. The third-order valence-electron chi connectivity index (χ3n) is 8.89. The van der Waals surface area contributed by atoms with Crippen LogP contribution in [-0.2, 0) is 16.0 Å². The maximum Gasteiger partial charge on any atom is 0.242 e. The van der Waals surface area contributed by atoms with Crippen LogP contribution in [0.5, 0.6) is 0 Å². The Balaban J connectivity index is 1.44. The van der Waals surface area contributed by atoms with Gasteiger partial charge in [-0.2, -0.15) is 0 Å². The maximum atomic E-state index is 13.5. The molecular weight excluding hydrogens is 557 g/mol. The Labute approximate surface area is 255 Å². The first kappa shape index (κ1) is 31.7. The van der Waals surface area contributed by atoms with Crippen molar-refractivity contribution in [3.05, 3.63) is 63.9 Å². The van der Waals surface area contributed by atoms with Crippen LogP contribution in [-0.4, -0.2) is 102 Å². The van der Waals surface area contributed by atoms with Gasteiger partial charge in [0.15, 0.2) is 0 Å². The van der Waals surface area contributed by atoms with Gasteiger partial charge in [-0.1, -0.05) is 41.8 Å². The molecule has 7 nitrogen and oxygen atoms in total. The average molecular weight is 603 g/mol. The minimum absolute atomic E-state index is 0.0720. The second-order valence-corrected chi connectivity index (χ2v) is 12.5. The molecule has 2 aromatic rings. The molecule has 0 bridgehead atoms. The molecule has 2 aliphatic heterocycles. The molecule has 41 heavy (non-hydrogen) atoms. The van der Waals surface area contributed by atoms with Gasteiger partial charge >= 0.3 is 0 Å². The summed E-state index contributed by atoms with van der Waals surface area (Å²) in [6, 6.07) is 11.5. The largest absolute Gasteiger partial charge is 0.347 e. The SMILES string of the molecule is CCN(CC(CCN1CCC(C(=O)N(C)C)(N2CCCCC2)CC1)c1ccc(Cl)c(Cl)c1)C(=O)Cc1ccccn1. The summed E-state index contributed by atoms with van der Waals surface area (Å²) >= 11 is 12.7. The van der Waals surface area contributed by atoms with Crippen LogP contribution in [0, 0.1) is 0 Å². The van der Waals surface area contributed by atoms with Gasteiger partial charge in [-0.3, -0.25) is 19.5 Å². The van der Waals surface area contributed by atoms with Gasteiger partial charge in [0, 0.05) is 58.1 Å². The lowest BCUT2D eigenvalue weighted by molar-refractivity contribution is -0.147. The van der Waals surface area contributed by atoms with E-state index >= 15 is 0 Å². The van der Waals surface area contributed by atoms with Crippen LogP contribution in [0.3, 0.4) is 0 Å². The van der Waals surface area contributed by atoms with E-state index in [1.54, 1.807) is 11.1 Å². The summed E-state index contributed by atoms with van der Waals surface area (Å²) in [7, 11) is 3.77. The summed E-state index contributed by atoms with van der Waals surface area (Å²) in [6.07, 6.45) is 8.19. The van der Waals surface area contributed by atoms with Gasteiger partial charge in [0.2, 0.25) is 11.8 Å². The smallest absolute Gasteiger partial charge is 0.242 e. The van der Waals surface area contributed by atoms with Gasteiger partial charge in [0.25, 0.3) is 0 Å². The van der Waals surface area contributed by atoms with Crippen LogP contribution in [0.25, 0.3) is 0 Å². The normalized spacial score (nSPS) is 18.6. The number of benzene rings is 1. The standard InChI is InChI=1S/C32H45Cl2N5O2/c1-4-38(30(40)23-27-10-6-7-16-35-27)24-26(25-11-12-28(33)29(34)22-25)13-19-37-20-14-32(15-21-37,31(41)36(2)3)39-17-8-5-9-18-39/h6-7,10-12,16,22,26H,4-5,8-9,13-15,17-21,23-24H2,1-3H3. The highest BCUT2D eigenvalue weighted by atomic mass is 35.5. The Hall–Kier alpha value is -2.19. The van der Waals surface area contributed by atoms with Gasteiger partial charge < -0.3 is 14.7 Å². The molecule has 2 aliphatic rings. The molecule has 1 unspecified atom stereocenters.